The number of rotatable bonds is 6. The van der Waals surface area contributed by atoms with Gasteiger partial charge in [-0.1, -0.05) is 34.6 Å². The summed E-state index contributed by atoms with van der Waals surface area (Å²) in [7, 11) is 1.74. The Kier molecular flexibility index (Phi) is 5.72. The third-order valence-corrected chi connectivity index (χ3v) is 13.6. The van der Waals surface area contributed by atoms with E-state index >= 15 is 0 Å². The van der Waals surface area contributed by atoms with Crippen molar-refractivity contribution in [3.05, 3.63) is 0 Å². The number of methoxy groups -OCH3 is 1. The van der Waals surface area contributed by atoms with Gasteiger partial charge >= 0.3 is 0 Å². The zero-order valence-electron chi connectivity index (χ0n) is 22.6. The molecule has 0 aliphatic heterocycles. The summed E-state index contributed by atoms with van der Waals surface area (Å²) < 4.78 is 5.57. The van der Waals surface area contributed by atoms with Crippen molar-refractivity contribution in [1.82, 2.24) is 0 Å². The summed E-state index contributed by atoms with van der Waals surface area (Å²) in [6.07, 6.45) is 13.7. The number of aliphatic hydroxyl groups is 2. The second-order valence-corrected chi connectivity index (χ2v) is 14.6. The Labute approximate surface area is 203 Å². The minimum Gasteiger partial charge on any atom is -0.393 e. The maximum absolute atomic E-state index is 10.9. The van der Waals surface area contributed by atoms with Gasteiger partial charge in [0.15, 0.2) is 0 Å². The van der Waals surface area contributed by atoms with E-state index in [0.717, 1.165) is 37.0 Å². The predicted octanol–water partition coefficient (Wildman–Crippen LogP) is 6.60. The van der Waals surface area contributed by atoms with Gasteiger partial charge in [0.25, 0.3) is 0 Å². The van der Waals surface area contributed by atoms with Crippen molar-refractivity contribution < 1.29 is 14.9 Å². The van der Waals surface area contributed by atoms with Crippen molar-refractivity contribution in [1.29, 1.82) is 0 Å². The highest BCUT2D eigenvalue weighted by Gasteiger charge is 2.82. The molecule has 5 aliphatic carbocycles. The van der Waals surface area contributed by atoms with Crippen LogP contribution in [0.3, 0.4) is 0 Å². The smallest absolute Gasteiger partial charge is 0.0827 e. The van der Waals surface area contributed by atoms with E-state index in [1.807, 2.05) is 6.92 Å². The van der Waals surface area contributed by atoms with E-state index in [1.165, 1.54) is 51.4 Å². The van der Waals surface area contributed by atoms with Crippen LogP contribution in [0.2, 0.25) is 0 Å². The van der Waals surface area contributed by atoms with Crippen LogP contribution in [0.1, 0.15) is 112 Å². The minimum atomic E-state index is -0.388. The van der Waals surface area contributed by atoms with Crippen LogP contribution in [0.4, 0.5) is 0 Å². The fourth-order valence-corrected chi connectivity index (χ4v) is 11.5. The number of ether oxygens (including phenoxy) is 1. The van der Waals surface area contributed by atoms with Crippen molar-refractivity contribution >= 4 is 0 Å². The second-order valence-electron chi connectivity index (χ2n) is 14.6. The molecule has 11 atom stereocenters. The molecule has 0 amide bonds. The minimum absolute atomic E-state index is 0.0331. The highest BCUT2D eigenvalue weighted by molar-refractivity contribution is 5.30. The zero-order chi connectivity index (χ0) is 24.0. The lowest BCUT2D eigenvalue weighted by Crippen LogP contribution is -2.57. The lowest BCUT2D eigenvalue weighted by atomic mass is 9.41. The fourth-order valence-electron chi connectivity index (χ4n) is 11.5. The van der Waals surface area contributed by atoms with E-state index < -0.39 is 0 Å². The molecule has 2 spiro atoms. The van der Waals surface area contributed by atoms with E-state index in [0.29, 0.717) is 27.6 Å². The summed E-state index contributed by atoms with van der Waals surface area (Å²) in [5.41, 5.74) is 2.10. The van der Waals surface area contributed by atoms with Crippen molar-refractivity contribution in [2.24, 2.45) is 50.7 Å². The molecule has 5 saturated carbocycles. The molecule has 190 valence electrons. The summed E-state index contributed by atoms with van der Waals surface area (Å²) in [4.78, 5) is 0. The molecule has 0 aromatic rings. The fraction of sp³-hybridized carbons (Fsp3) is 1.00. The van der Waals surface area contributed by atoms with Gasteiger partial charge in [-0.15, -0.1) is 0 Å². The van der Waals surface area contributed by atoms with Crippen molar-refractivity contribution in [2.45, 2.75) is 130 Å². The summed E-state index contributed by atoms with van der Waals surface area (Å²) >= 11 is 0. The summed E-state index contributed by atoms with van der Waals surface area (Å²) in [6.45, 7) is 14.5. The molecule has 5 rings (SSSR count). The van der Waals surface area contributed by atoms with Crippen LogP contribution < -0.4 is 0 Å². The molecule has 0 bridgehead atoms. The van der Waals surface area contributed by atoms with Crippen molar-refractivity contribution in [3.63, 3.8) is 0 Å². The molecule has 2 N–H and O–H groups in total. The van der Waals surface area contributed by atoms with E-state index in [-0.39, 0.29) is 23.7 Å². The SMILES string of the molecule is COC(CC[C@@H](C)[C@H]1CC[C@@]2(C)[C@@H]3CC[C@H]4C(C)(C)[C@@H](O)CC[C@@]45C[C@@]35CC[C@]12C)C(C)O. The normalized spacial score (nSPS) is 52.6. The van der Waals surface area contributed by atoms with Crippen LogP contribution in [0, 0.1) is 50.7 Å². The number of aliphatic hydroxyl groups excluding tert-OH is 2. The average molecular weight is 461 g/mol. The largest absolute Gasteiger partial charge is 0.393 e. The first kappa shape index (κ1) is 24.6. The van der Waals surface area contributed by atoms with Gasteiger partial charge in [0.2, 0.25) is 0 Å². The van der Waals surface area contributed by atoms with Crippen LogP contribution in [0.5, 0.6) is 0 Å². The first-order valence-electron chi connectivity index (χ1n) is 14.3. The molecule has 5 aliphatic rings. The molecule has 3 nitrogen and oxygen atoms in total. The van der Waals surface area contributed by atoms with E-state index in [9.17, 15) is 10.2 Å². The van der Waals surface area contributed by atoms with Crippen LogP contribution in [0.25, 0.3) is 0 Å². The molecule has 0 aromatic heterocycles. The lowest BCUT2D eigenvalue weighted by Gasteiger charge is -2.63. The third kappa shape index (κ3) is 3.03. The van der Waals surface area contributed by atoms with Crippen molar-refractivity contribution in [2.75, 3.05) is 7.11 Å². The summed E-state index contributed by atoms with van der Waals surface area (Å²) in [5.74, 6) is 3.09. The maximum atomic E-state index is 10.9. The van der Waals surface area contributed by atoms with Gasteiger partial charge < -0.3 is 14.9 Å². The molecule has 2 unspecified atom stereocenters. The van der Waals surface area contributed by atoms with Gasteiger partial charge in [0, 0.05) is 7.11 Å². The molecule has 0 heterocycles. The Morgan fingerprint density at radius 1 is 0.818 bits per heavy atom. The number of hydrogen-bond acceptors (Lipinski definition) is 3. The van der Waals surface area contributed by atoms with Crippen LogP contribution in [0.15, 0.2) is 0 Å². The van der Waals surface area contributed by atoms with Gasteiger partial charge in [-0.3, -0.25) is 0 Å². The van der Waals surface area contributed by atoms with Gasteiger partial charge in [0.05, 0.1) is 18.3 Å². The molecule has 0 aromatic carbocycles. The molecule has 0 radical (unpaired) electrons. The van der Waals surface area contributed by atoms with Crippen molar-refractivity contribution in [3.8, 4) is 0 Å². The first-order valence-corrected chi connectivity index (χ1v) is 14.3. The van der Waals surface area contributed by atoms with E-state index in [2.05, 4.69) is 34.6 Å². The molecule has 3 heteroatoms. The highest BCUT2D eigenvalue weighted by Crippen LogP contribution is 2.89. The quantitative estimate of drug-likeness (QED) is 0.469. The van der Waals surface area contributed by atoms with Gasteiger partial charge in [-0.2, -0.15) is 0 Å². The monoisotopic (exact) mass is 460 g/mol. The Hall–Kier alpha value is -0.120. The van der Waals surface area contributed by atoms with Gasteiger partial charge in [0.1, 0.15) is 0 Å². The molecule has 5 fully saturated rings. The van der Waals surface area contributed by atoms with Gasteiger partial charge in [-0.25, -0.2) is 0 Å². The number of hydrogen-bond donors (Lipinski definition) is 2. The van der Waals surface area contributed by atoms with Crippen LogP contribution >= 0.6 is 0 Å². The molecular weight excluding hydrogens is 408 g/mol. The van der Waals surface area contributed by atoms with Crippen LogP contribution in [-0.2, 0) is 4.74 Å². The number of fused-ring (bicyclic) bond motifs is 2. The first-order chi connectivity index (χ1) is 15.4. The Morgan fingerprint density at radius 3 is 2.15 bits per heavy atom. The topological polar surface area (TPSA) is 49.7 Å². The Bertz CT molecular complexity index is 762. The lowest BCUT2D eigenvalue weighted by molar-refractivity contribution is -0.161. The average Bonchev–Trinajstić information content (AvgIpc) is 3.34. The molecule has 33 heavy (non-hydrogen) atoms. The highest BCUT2D eigenvalue weighted by atomic mass is 16.5. The Balaban J connectivity index is 1.37. The summed E-state index contributed by atoms with van der Waals surface area (Å²) in [6, 6.07) is 0. The standard InChI is InChI=1S/C30H52O3/c1-19(8-9-22(33-7)20(2)31)21-12-14-28(6)24-11-10-23-26(3,4)25(32)13-15-29(23)18-30(24,29)17-16-27(21,28)5/h19-25,31-32H,8-18H2,1-7H3/t19-,20?,21-,22?,23+,24+,25+,27-,28+,29-,30+/m1/s1. The van der Waals surface area contributed by atoms with E-state index in [4.69, 9.17) is 4.74 Å². The second kappa shape index (κ2) is 7.69. The Morgan fingerprint density at radius 2 is 1.48 bits per heavy atom. The zero-order valence-corrected chi connectivity index (χ0v) is 22.6. The van der Waals surface area contributed by atoms with E-state index in [1.54, 1.807) is 7.11 Å². The predicted molar refractivity (Wildman–Crippen MR) is 134 cm³/mol. The van der Waals surface area contributed by atoms with Gasteiger partial charge in [-0.05, 0) is 128 Å². The molecular formula is C30H52O3. The van der Waals surface area contributed by atoms with Crippen LogP contribution in [-0.4, -0.2) is 35.6 Å². The molecule has 0 saturated heterocycles. The maximum Gasteiger partial charge on any atom is 0.0827 e. The summed E-state index contributed by atoms with van der Waals surface area (Å²) in [5, 5.41) is 20.9. The third-order valence-electron chi connectivity index (χ3n) is 13.6.